The van der Waals surface area contributed by atoms with E-state index in [1.807, 2.05) is 43.7 Å². The lowest BCUT2D eigenvalue weighted by molar-refractivity contribution is -0.385. The molecule has 0 bridgehead atoms. The maximum Gasteiger partial charge on any atom is 0.309 e. The quantitative estimate of drug-likeness (QED) is 0.521. The highest BCUT2D eigenvalue weighted by molar-refractivity contribution is 5.91. The van der Waals surface area contributed by atoms with Crippen LogP contribution in [0.2, 0.25) is 0 Å². The highest BCUT2D eigenvalue weighted by Gasteiger charge is 2.19. The normalized spacial score (nSPS) is 10.9. The molecule has 0 aliphatic carbocycles. The third-order valence-electron chi connectivity index (χ3n) is 4.63. The summed E-state index contributed by atoms with van der Waals surface area (Å²) in [6.45, 7) is 7.83. The molecule has 9 heteroatoms. The third-order valence-corrected chi connectivity index (χ3v) is 4.63. The number of nitrogens with zero attached hydrogens (tertiary/aromatic N) is 5. The van der Waals surface area contributed by atoms with E-state index in [-0.39, 0.29) is 18.1 Å². The number of benzene rings is 1. The minimum atomic E-state index is -0.514. The molecular formula is C19H22N6O3. The summed E-state index contributed by atoms with van der Waals surface area (Å²) in [5.41, 5.74) is 4.74. The second-order valence-corrected chi connectivity index (χ2v) is 6.77. The first-order valence-electron chi connectivity index (χ1n) is 8.82. The number of hydrogen-bond acceptors (Lipinski definition) is 5. The monoisotopic (exact) mass is 382 g/mol. The second kappa shape index (κ2) is 7.63. The van der Waals surface area contributed by atoms with Gasteiger partial charge in [0.05, 0.1) is 28.5 Å². The number of aryl methyl sites for hydroxylation is 2. The van der Waals surface area contributed by atoms with Crippen molar-refractivity contribution in [3.05, 3.63) is 68.8 Å². The molecule has 9 nitrogen and oxygen atoms in total. The Labute approximate surface area is 162 Å². The van der Waals surface area contributed by atoms with E-state index in [4.69, 9.17) is 0 Å². The Morgan fingerprint density at radius 1 is 1.18 bits per heavy atom. The van der Waals surface area contributed by atoms with Crippen LogP contribution >= 0.6 is 0 Å². The van der Waals surface area contributed by atoms with Gasteiger partial charge in [-0.25, -0.2) is 0 Å². The van der Waals surface area contributed by atoms with Crippen LogP contribution in [0, 0.1) is 37.8 Å². The number of carbonyl (C=O) groups is 1. The van der Waals surface area contributed by atoms with Gasteiger partial charge in [0.1, 0.15) is 18.4 Å². The highest BCUT2D eigenvalue weighted by Crippen LogP contribution is 2.21. The molecule has 3 rings (SSSR count). The van der Waals surface area contributed by atoms with Crippen molar-refractivity contribution < 1.29 is 9.72 Å². The van der Waals surface area contributed by atoms with Crippen LogP contribution in [-0.2, 0) is 17.9 Å². The van der Waals surface area contributed by atoms with Crippen molar-refractivity contribution in [2.24, 2.45) is 0 Å². The number of anilines is 1. The average molecular weight is 382 g/mol. The first-order valence-corrected chi connectivity index (χ1v) is 8.82. The van der Waals surface area contributed by atoms with E-state index in [1.54, 1.807) is 6.92 Å². The summed E-state index contributed by atoms with van der Waals surface area (Å²) in [5.74, 6) is -0.317. The maximum atomic E-state index is 12.5. The van der Waals surface area contributed by atoms with Gasteiger partial charge in [-0.15, -0.1) is 0 Å². The van der Waals surface area contributed by atoms with Gasteiger partial charge >= 0.3 is 5.69 Å². The van der Waals surface area contributed by atoms with Gasteiger partial charge < -0.3 is 5.32 Å². The smallest absolute Gasteiger partial charge is 0.309 e. The van der Waals surface area contributed by atoms with E-state index in [0.29, 0.717) is 23.6 Å². The van der Waals surface area contributed by atoms with Crippen LogP contribution in [0.5, 0.6) is 0 Å². The predicted molar refractivity (Wildman–Crippen MR) is 104 cm³/mol. The zero-order valence-corrected chi connectivity index (χ0v) is 16.3. The van der Waals surface area contributed by atoms with Crippen molar-refractivity contribution in [3.8, 4) is 0 Å². The molecule has 1 amide bonds. The van der Waals surface area contributed by atoms with Crippen LogP contribution in [0.4, 0.5) is 11.4 Å². The summed E-state index contributed by atoms with van der Waals surface area (Å²) in [5, 5.41) is 22.2. The summed E-state index contributed by atoms with van der Waals surface area (Å²) in [7, 11) is 0. The highest BCUT2D eigenvalue weighted by atomic mass is 16.6. The molecular weight excluding hydrogens is 360 g/mol. The SMILES string of the molecule is Cc1cccc(Cn2nc(C)c(NC(=O)Cn3ncc([N+](=O)[O-])c3C)c2C)c1. The van der Waals surface area contributed by atoms with Crippen molar-refractivity contribution in [1.82, 2.24) is 19.6 Å². The van der Waals surface area contributed by atoms with Crippen molar-refractivity contribution in [2.75, 3.05) is 5.32 Å². The van der Waals surface area contributed by atoms with E-state index in [9.17, 15) is 14.9 Å². The molecule has 0 aliphatic heterocycles. The lowest BCUT2D eigenvalue weighted by atomic mass is 10.1. The lowest BCUT2D eigenvalue weighted by Crippen LogP contribution is -2.21. The molecule has 2 aromatic heterocycles. The standard InChI is InChI=1S/C19H22N6O3/c1-12-6-5-7-16(8-12)10-24-15(4)19(13(2)22-24)21-18(26)11-23-14(3)17(9-20-23)25(27)28/h5-9H,10-11H2,1-4H3,(H,21,26). The Kier molecular flexibility index (Phi) is 5.25. The minimum absolute atomic E-state index is 0.105. The van der Waals surface area contributed by atoms with Crippen LogP contribution in [0.15, 0.2) is 30.5 Å². The summed E-state index contributed by atoms with van der Waals surface area (Å²) in [6.07, 6.45) is 1.15. The van der Waals surface area contributed by atoms with Crippen LogP contribution in [0.25, 0.3) is 0 Å². The average Bonchev–Trinajstić information content (AvgIpc) is 3.10. The van der Waals surface area contributed by atoms with Crippen LogP contribution in [0.3, 0.4) is 0 Å². The summed E-state index contributed by atoms with van der Waals surface area (Å²) in [4.78, 5) is 22.9. The molecule has 1 aromatic carbocycles. The van der Waals surface area contributed by atoms with Gasteiger partial charge in [-0.05, 0) is 33.3 Å². The summed E-state index contributed by atoms with van der Waals surface area (Å²) in [6, 6.07) is 8.18. The van der Waals surface area contributed by atoms with Gasteiger partial charge in [0.25, 0.3) is 0 Å². The first-order chi connectivity index (χ1) is 13.3. The van der Waals surface area contributed by atoms with Gasteiger partial charge in [0, 0.05) is 0 Å². The van der Waals surface area contributed by atoms with Crippen molar-refractivity contribution in [2.45, 2.75) is 40.8 Å². The third kappa shape index (κ3) is 3.93. The molecule has 28 heavy (non-hydrogen) atoms. The molecule has 0 saturated heterocycles. The van der Waals surface area contributed by atoms with E-state index < -0.39 is 4.92 Å². The minimum Gasteiger partial charge on any atom is -0.321 e. The fourth-order valence-electron chi connectivity index (χ4n) is 3.11. The van der Waals surface area contributed by atoms with Crippen LogP contribution in [0.1, 0.15) is 28.2 Å². The Balaban J connectivity index is 1.74. The molecule has 0 aliphatic rings. The fraction of sp³-hybridized carbons (Fsp3) is 0.316. The molecule has 0 fully saturated rings. The van der Waals surface area contributed by atoms with E-state index in [1.165, 1.54) is 10.2 Å². The molecule has 0 saturated carbocycles. The maximum absolute atomic E-state index is 12.5. The number of hydrogen-bond donors (Lipinski definition) is 1. The number of aromatic nitrogens is 4. The molecule has 146 valence electrons. The van der Waals surface area contributed by atoms with Gasteiger partial charge in [-0.1, -0.05) is 29.8 Å². The predicted octanol–water partition coefficient (Wildman–Crippen LogP) is 2.91. The molecule has 1 N–H and O–H groups in total. The van der Waals surface area contributed by atoms with Gasteiger partial charge in [-0.2, -0.15) is 10.2 Å². The van der Waals surface area contributed by atoms with Gasteiger partial charge in [0.2, 0.25) is 5.91 Å². The number of amides is 1. The fourth-order valence-corrected chi connectivity index (χ4v) is 3.11. The second-order valence-electron chi connectivity index (χ2n) is 6.77. The Hall–Kier alpha value is -3.49. The van der Waals surface area contributed by atoms with E-state index in [0.717, 1.165) is 17.5 Å². The van der Waals surface area contributed by atoms with Crippen LogP contribution < -0.4 is 5.32 Å². The molecule has 2 heterocycles. The van der Waals surface area contributed by atoms with E-state index in [2.05, 4.69) is 21.6 Å². The molecule has 0 atom stereocenters. The van der Waals surface area contributed by atoms with Gasteiger partial charge in [0.15, 0.2) is 0 Å². The Bertz CT molecular complexity index is 1050. The number of nitro groups is 1. The summed E-state index contributed by atoms with van der Waals surface area (Å²) < 4.78 is 3.17. The molecule has 0 radical (unpaired) electrons. The first kappa shape index (κ1) is 19.3. The number of nitrogens with one attached hydrogen (secondary N) is 1. The van der Waals surface area contributed by atoms with Crippen molar-refractivity contribution >= 4 is 17.3 Å². The molecule has 0 spiro atoms. The molecule has 0 unspecified atom stereocenters. The Morgan fingerprint density at radius 3 is 2.57 bits per heavy atom. The Morgan fingerprint density at radius 2 is 1.93 bits per heavy atom. The lowest BCUT2D eigenvalue weighted by Gasteiger charge is -2.08. The van der Waals surface area contributed by atoms with E-state index >= 15 is 0 Å². The topological polar surface area (TPSA) is 108 Å². The zero-order valence-electron chi connectivity index (χ0n) is 16.3. The number of rotatable bonds is 6. The summed E-state index contributed by atoms with van der Waals surface area (Å²) >= 11 is 0. The van der Waals surface area contributed by atoms with Crippen LogP contribution in [-0.4, -0.2) is 30.4 Å². The van der Waals surface area contributed by atoms with Crippen molar-refractivity contribution in [1.29, 1.82) is 0 Å². The largest absolute Gasteiger partial charge is 0.321 e. The van der Waals surface area contributed by atoms with Crippen molar-refractivity contribution in [3.63, 3.8) is 0 Å². The number of carbonyl (C=O) groups excluding carboxylic acids is 1. The zero-order chi connectivity index (χ0) is 20.4. The van der Waals surface area contributed by atoms with Gasteiger partial charge in [-0.3, -0.25) is 24.3 Å². The molecule has 3 aromatic rings.